The molecule has 1 fully saturated rings. The smallest absolute Gasteiger partial charge is 0.256 e. The van der Waals surface area contributed by atoms with E-state index >= 15 is 0 Å². The highest BCUT2D eigenvalue weighted by molar-refractivity contribution is 5.98. The largest absolute Gasteiger partial charge is 0.368 e. The second-order valence-electron chi connectivity index (χ2n) is 5.92. The van der Waals surface area contributed by atoms with E-state index in [0.717, 1.165) is 48.5 Å². The van der Waals surface area contributed by atoms with Crippen LogP contribution in [0, 0.1) is 6.92 Å². The van der Waals surface area contributed by atoms with Crippen LogP contribution >= 0.6 is 0 Å². The molecule has 1 aromatic heterocycles. The molecule has 1 amide bonds. The highest BCUT2D eigenvalue weighted by Gasteiger charge is 2.32. The van der Waals surface area contributed by atoms with Gasteiger partial charge in [0.2, 0.25) is 0 Å². The van der Waals surface area contributed by atoms with Gasteiger partial charge in [-0.3, -0.25) is 4.79 Å². The van der Waals surface area contributed by atoms with Crippen molar-refractivity contribution in [3.8, 4) is 11.3 Å². The summed E-state index contributed by atoms with van der Waals surface area (Å²) in [6.07, 6.45) is 2.41. The van der Waals surface area contributed by atoms with Crippen LogP contribution in [0.25, 0.3) is 11.3 Å². The predicted molar refractivity (Wildman–Crippen MR) is 81.7 cm³/mol. The number of hydrogen-bond donors (Lipinski definition) is 0. The van der Waals surface area contributed by atoms with Gasteiger partial charge in [0.25, 0.3) is 5.91 Å². The summed E-state index contributed by atoms with van der Waals surface area (Å²) in [6.45, 7) is 3.33. The number of benzene rings is 1. The molecule has 22 heavy (non-hydrogen) atoms. The number of amides is 1. The molecule has 0 aliphatic carbocycles. The number of fused-ring (bicyclic) bond motifs is 1. The number of ether oxygens (including phenoxy) is 1. The van der Waals surface area contributed by atoms with Crippen LogP contribution in [0.5, 0.6) is 0 Å². The van der Waals surface area contributed by atoms with Gasteiger partial charge in [-0.2, -0.15) is 0 Å². The third kappa shape index (κ3) is 2.22. The molecule has 5 nitrogen and oxygen atoms in total. The molecule has 4 rings (SSSR count). The number of nitrogens with zero attached hydrogens (tertiary/aromatic N) is 2. The van der Waals surface area contributed by atoms with E-state index in [9.17, 15) is 4.79 Å². The Morgan fingerprint density at radius 3 is 3.00 bits per heavy atom. The average Bonchev–Trinajstić information content (AvgIpc) is 3.26. The first-order valence-electron chi connectivity index (χ1n) is 7.72. The van der Waals surface area contributed by atoms with Crippen LogP contribution < -0.4 is 4.90 Å². The predicted octanol–water partition coefficient (Wildman–Crippen LogP) is 2.72. The minimum atomic E-state index is -0.262. The van der Waals surface area contributed by atoms with Crippen molar-refractivity contribution in [3.63, 3.8) is 0 Å². The van der Waals surface area contributed by atoms with E-state index in [1.807, 2.05) is 30.0 Å². The Kier molecular flexibility index (Phi) is 3.22. The van der Waals surface area contributed by atoms with Crippen LogP contribution in [-0.2, 0) is 16.0 Å². The Balaban J connectivity index is 1.61. The molecule has 114 valence electrons. The highest BCUT2D eigenvalue weighted by Crippen LogP contribution is 2.33. The van der Waals surface area contributed by atoms with Gasteiger partial charge in [-0.1, -0.05) is 5.16 Å². The second kappa shape index (κ2) is 5.25. The van der Waals surface area contributed by atoms with E-state index in [4.69, 9.17) is 9.26 Å². The molecule has 2 aliphatic rings. The molecule has 0 saturated carbocycles. The highest BCUT2D eigenvalue weighted by atomic mass is 16.5. The molecule has 0 spiro atoms. The van der Waals surface area contributed by atoms with Crippen LogP contribution in [0.4, 0.5) is 5.69 Å². The summed E-state index contributed by atoms with van der Waals surface area (Å²) in [5, 5.41) is 3.93. The number of hydrogen-bond acceptors (Lipinski definition) is 4. The first-order valence-corrected chi connectivity index (χ1v) is 7.72. The topological polar surface area (TPSA) is 55.6 Å². The fraction of sp³-hybridized carbons (Fsp3) is 0.412. The van der Waals surface area contributed by atoms with E-state index in [2.05, 4.69) is 11.2 Å². The molecule has 3 heterocycles. The summed E-state index contributed by atoms with van der Waals surface area (Å²) in [7, 11) is 0. The van der Waals surface area contributed by atoms with Crippen LogP contribution in [0.2, 0.25) is 0 Å². The molecule has 0 radical (unpaired) electrons. The summed E-state index contributed by atoms with van der Waals surface area (Å²) in [5.41, 5.74) is 4.05. The molecule has 2 aliphatic heterocycles. The molecule has 1 saturated heterocycles. The number of aryl methyl sites for hydroxylation is 1. The summed E-state index contributed by atoms with van der Waals surface area (Å²) in [5.74, 6) is 0.865. The average molecular weight is 298 g/mol. The quantitative estimate of drug-likeness (QED) is 0.855. The molecular weight excluding hydrogens is 280 g/mol. The molecule has 0 N–H and O–H groups in total. The summed E-state index contributed by atoms with van der Waals surface area (Å²) >= 11 is 0. The molecule has 1 unspecified atom stereocenters. The fourth-order valence-electron chi connectivity index (χ4n) is 3.23. The Bertz CT molecular complexity index is 716. The van der Waals surface area contributed by atoms with Gasteiger partial charge in [0.05, 0.1) is 5.69 Å². The van der Waals surface area contributed by atoms with Crippen molar-refractivity contribution >= 4 is 11.6 Å². The van der Waals surface area contributed by atoms with E-state index in [0.29, 0.717) is 6.61 Å². The van der Waals surface area contributed by atoms with Gasteiger partial charge in [0.15, 0.2) is 5.76 Å². The van der Waals surface area contributed by atoms with Crippen molar-refractivity contribution in [1.29, 1.82) is 0 Å². The van der Waals surface area contributed by atoms with Gasteiger partial charge in [0.1, 0.15) is 6.10 Å². The molecule has 2 aromatic rings. The molecule has 1 atom stereocenters. The lowest BCUT2D eigenvalue weighted by Gasteiger charge is -2.20. The molecular formula is C17H18N2O3. The van der Waals surface area contributed by atoms with Crippen LogP contribution in [-0.4, -0.2) is 30.3 Å². The lowest BCUT2D eigenvalue weighted by Crippen LogP contribution is -2.37. The van der Waals surface area contributed by atoms with Crippen LogP contribution in [0.3, 0.4) is 0 Å². The van der Waals surface area contributed by atoms with Gasteiger partial charge in [-0.25, -0.2) is 0 Å². The Labute approximate surface area is 128 Å². The Morgan fingerprint density at radius 1 is 1.36 bits per heavy atom. The first kappa shape index (κ1) is 13.5. The number of anilines is 1. The molecule has 1 aromatic carbocycles. The fourth-order valence-corrected chi connectivity index (χ4v) is 3.23. The third-order valence-electron chi connectivity index (χ3n) is 4.36. The van der Waals surface area contributed by atoms with Gasteiger partial charge < -0.3 is 14.2 Å². The first-order chi connectivity index (χ1) is 10.7. The van der Waals surface area contributed by atoms with Gasteiger partial charge in [-0.15, -0.1) is 0 Å². The maximum absolute atomic E-state index is 12.5. The van der Waals surface area contributed by atoms with Crippen LogP contribution in [0.1, 0.15) is 24.1 Å². The number of aromatic nitrogens is 1. The van der Waals surface area contributed by atoms with Crippen molar-refractivity contribution in [2.24, 2.45) is 0 Å². The van der Waals surface area contributed by atoms with Crippen LogP contribution in [0.15, 0.2) is 28.8 Å². The normalized spacial score (nSPS) is 20.4. The number of carbonyl (C=O) groups is 1. The van der Waals surface area contributed by atoms with E-state index in [-0.39, 0.29) is 12.0 Å². The van der Waals surface area contributed by atoms with Crippen molar-refractivity contribution in [3.05, 3.63) is 35.5 Å². The SMILES string of the molecule is Cc1cc(-c2ccc3c(c2)CCN3C(=O)C2CCCO2)on1. The van der Waals surface area contributed by atoms with Gasteiger partial charge >= 0.3 is 0 Å². The van der Waals surface area contributed by atoms with Crippen molar-refractivity contribution < 1.29 is 14.1 Å². The van der Waals surface area contributed by atoms with Gasteiger partial charge in [-0.05, 0) is 49.9 Å². The summed E-state index contributed by atoms with van der Waals surface area (Å²) in [4.78, 5) is 14.4. The lowest BCUT2D eigenvalue weighted by atomic mass is 10.1. The number of carbonyl (C=O) groups excluding carboxylic acids is 1. The Morgan fingerprint density at radius 2 is 2.27 bits per heavy atom. The summed E-state index contributed by atoms with van der Waals surface area (Å²) in [6, 6.07) is 8.01. The zero-order valence-electron chi connectivity index (χ0n) is 12.5. The van der Waals surface area contributed by atoms with E-state index in [1.165, 1.54) is 5.56 Å². The standard InChI is InChI=1S/C17H18N2O3/c1-11-9-16(22-18-11)13-4-5-14-12(10-13)6-7-19(14)17(20)15-3-2-8-21-15/h4-5,9-10,15H,2-3,6-8H2,1H3. The zero-order chi connectivity index (χ0) is 15.1. The van der Waals surface area contributed by atoms with E-state index in [1.54, 1.807) is 0 Å². The lowest BCUT2D eigenvalue weighted by molar-refractivity contribution is -0.127. The maximum Gasteiger partial charge on any atom is 0.256 e. The third-order valence-corrected chi connectivity index (χ3v) is 4.36. The van der Waals surface area contributed by atoms with E-state index < -0.39 is 0 Å². The monoisotopic (exact) mass is 298 g/mol. The Hall–Kier alpha value is -2.14. The van der Waals surface area contributed by atoms with Crippen molar-refractivity contribution in [2.45, 2.75) is 32.3 Å². The minimum absolute atomic E-state index is 0.0968. The number of rotatable bonds is 2. The maximum atomic E-state index is 12.5. The van der Waals surface area contributed by atoms with Gasteiger partial charge in [0, 0.05) is 30.5 Å². The van der Waals surface area contributed by atoms with Crippen molar-refractivity contribution in [2.75, 3.05) is 18.1 Å². The zero-order valence-corrected chi connectivity index (χ0v) is 12.5. The van der Waals surface area contributed by atoms with Crippen molar-refractivity contribution in [1.82, 2.24) is 5.16 Å². The summed E-state index contributed by atoms with van der Waals surface area (Å²) < 4.78 is 10.8. The molecule has 5 heteroatoms. The minimum Gasteiger partial charge on any atom is -0.368 e. The second-order valence-corrected chi connectivity index (χ2v) is 5.92. The molecule has 0 bridgehead atoms.